The quantitative estimate of drug-likeness (QED) is 0.596. The summed E-state index contributed by atoms with van der Waals surface area (Å²) < 4.78 is 0. The van der Waals surface area contributed by atoms with Crippen molar-refractivity contribution in [2.24, 2.45) is 4.99 Å². The van der Waals surface area contributed by atoms with Gasteiger partial charge in [0.1, 0.15) is 0 Å². The van der Waals surface area contributed by atoms with Crippen LogP contribution in [0.25, 0.3) is 11.3 Å². The third-order valence-corrected chi connectivity index (χ3v) is 5.81. The third kappa shape index (κ3) is 5.24. The summed E-state index contributed by atoms with van der Waals surface area (Å²) in [5, 5.41) is 7.77. The Kier molecular flexibility index (Phi) is 6.95. The number of aliphatic imine (C=N–C) groups is 1. The van der Waals surface area contributed by atoms with Crippen LogP contribution in [0.15, 0.2) is 53.7 Å². The molecule has 1 heterocycles. The molecule has 26 heavy (non-hydrogen) atoms. The lowest BCUT2D eigenvalue weighted by atomic mass is 10.1. The third-order valence-electron chi connectivity index (χ3n) is 4.71. The Morgan fingerprint density at radius 1 is 1.23 bits per heavy atom. The van der Waals surface area contributed by atoms with Crippen molar-refractivity contribution >= 4 is 17.7 Å². The molecule has 0 bridgehead atoms. The Labute approximate surface area is 160 Å². The summed E-state index contributed by atoms with van der Waals surface area (Å²) in [6, 6.07) is 15.0. The summed E-state index contributed by atoms with van der Waals surface area (Å²) >= 11 is 1.98. The van der Waals surface area contributed by atoms with Crippen LogP contribution < -0.4 is 10.6 Å². The largest absolute Gasteiger partial charge is 0.357 e. The van der Waals surface area contributed by atoms with E-state index in [2.05, 4.69) is 53.1 Å². The summed E-state index contributed by atoms with van der Waals surface area (Å²) in [6.07, 6.45) is 7.79. The number of nitrogens with one attached hydrogen (secondary N) is 2. The molecule has 0 aliphatic heterocycles. The molecule has 2 aromatic rings. The molecule has 138 valence electrons. The highest BCUT2D eigenvalue weighted by atomic mass is 32.2. The molecule has 2 N–H and O–H groups in total. The van der Waals surface area contributed by atoms with Gasteiger partial charge in [-0.1, -0.05) is 24.3 Å². The summed E-state index contributed by atoms with van der Waals surface area (Å²) in [6.45, 7) is 3.64. The molecule has 3 rings (SSSR count). The number of nitrogens with zero attached hydrogens (tertiary/aromatic N) is 2. The van der Waals surface area contributed by atoms with Crippen molar-refractivity contribution in [1.29, 1.82) is 0 Å². The summed E-state index contributed by atoms with van der Waals surface area (Å²) in [5.41, 5.74) is 3.33. The van der Waals surface area contributed by atoms with E-state index in [-0.39, 0.29) is 0 Å². The molecule has 1 aliphatic rings. The molecule has 0 spiro atoms. The van der Waals surface area contributed by atoms with Crippen molar-refractivity contribution in [2.45, 2.75) is 44.0 Å². The Hall–Kier alpha value is -2.01. The van der Waals surface area contributed by atoms with E-state index in [0.29, 0.717) is 12.6 Å². The second-order valence-electron chi connectivity index (χ2n) is 6.62. The second kappa shape index (κ2) is 9.62. The second-order valence-corrected chi connectivity index (χ2v) is 7.76. The smallest absolute Gasteiger partial charge is 0.191 e. The number of hydrogen-bond donors (Lipinski definition) is 2. The first-order chi connectivity index (χ1) is 12.8. The van der Waals surface area contributed by atoms with Crippen LogP contribution in [-0.2, 0) is 6.54 Å². The van der Waals surface area contributed by atoms with Crippen molar-refractivity contribution in [3.63, 3.8) is 0 Å². The van der Waals surface area contributed by atoms with E-state index >= 15 is 0 Å². The zero-order valence-electron chi connectivity index (χ0n) is 15.6. The van der Waals surface area contributed by atoms with Gasteiger partial charge in [0.05, 0.1) is 12.2 Å². The molecule has 1 aliphatic carbocycles. The number of benzene rings is 1. The topological polar surface area (TPSA) is 49.3 Å². The Morgan fingerprint density at radius 2 is 2.15 bits per heavy atom. The SMILES string of the molecule is CCNC(=NCc1cccc(-c2ccccn2)c1)NC1CCC(SC)C1. The van der Waals surface area contributed by atoms with Crippen LogP contribution in [0.3, 0.4) is 0 Å². The maximum Gasteiger partial charge on any atom is 0.191 e. The molecule has 4 nitrogen and oxygen atoms in total. The molecule has 1 fully saturated rings. The van der Waals surface area contributed by atoms with Crippen LogP contribution in [0.2, 0.25) is 0 Å². The number of aromatic nitrogens is 1. The molecular formula is C21H28N4S. The monoisotopic (exact) mass is 368 g/mol. The van der Waals surface area contributed by atoms with E-state index in [4.69, 9.17) is 4.99 Å². The fraction of sp³-hybridized carbons (Fsp3) is 0.429. The van der Waals surface area contributed by atoms with Crippen LogP contribution in [-0.4, -0.2) is 35.0 Å². The average molecular weight is 369 g/mol. The number of guanidine groups is 1. The molecular weight excluding hydrogens is 340 g/mol. The zero-order chi connectivity index (χ0) is 18.2. The fourth-order valence-corrected chi connectivity index (χ4v) is 4.13. The van der Waals surface area contributed by atoms with Crippen molar-refractivity contribution in [2.75, 3.05) is 12.8 Å². The molecule has 1 aromatic carbocycles. The Morgan fingerprint density at radius 3 is 2.88 bits per heavy atom. The zero-order valence-corrected chi connectivity index (χ0v) is 16.4. The van der Waals surface area contributed by atoms with Gasteiger partial charge in [-0.25, -0.2) is 4.99 Å². The number of thioether (sulfide) groups is 1. The van der Waals surface area contributed by atoms with Gasteiger partial charge in [-0.15, -0.1) is 0 Å². The minimum atomic E-state index is 0.533. The van der Waals surface area contributed by atoms with Crippen molar-refractivity contribution in [1.82, 2.24) is 15.6 Å². The van der Waals surface area contributed by atoms with E-state index in [9.17, 15) is 0 Å². The first kappa shape index (κ1) is 18.8. The van der Waals surface area contributed by atoms with Crippen molar-refractivity contribution < 1.29 is 0 Å². The van der Waals surface area contributed by atoms with Gasteiger partial charge in [-0.2, -0.15) is 11.8 Å². The van der Waals surface area contributed by atoms with Gasteiger partial charge in [0.15, 0.2) is 5.96 Å². The van der Waals surface area contributed by atoms with Gasteiger partial charge in [0.25, 0.3) is 0 Å². The number of rotatable bonds is 6. The molecule has 5 heteroatoms. The van der Waals surface area contributed by atoms with E-state index in [0.717, 1.165) is 29.0 Å². The van der Waals surface area contributed by atoms with Crippen LogP contribution in [0.4, 0.5) is 0 Å². The lowest BCUT2D eigenvalue weighted by Crippen LogP contribution is -2.42. The molecule has 1 aromatic heterocycles. The first-order valence-corrected chi connectivity index (χ1v) is 10.6. The maximum absolute atomic E-state index is 4.80. The number of hydrogen-bond acceptors (Lipinski definition) is 3. The lowest BCUT2D eigenvalue weighted by Gasteiger charge is -2.17. The fourth-order valence-electron chi connectivity index (χ4n) is 3.33. The van der Waals surface area contributed by atoms with E-state index in [1.54, 1.807) is 0 Å². The summed E-state index contributed by atoms with van der Waals surface area (Å²) in [5.74, 6) is 0.919. The minimum Gasteiger partial charge on any atom is -0.357 e. The van der Waals surface area contributed by atoms with E-state index in [1.165, 1.54) is 24.8 Å². The number of pyridine rings is 1. The molecule has 1 saturated carbocycles. The van der Waals surface area contributed by atoms with Gasteiger partial charge < -0.3 is 10.6 Å². The van der Waals surface area contributed by atoms with Crippen molar-refractivity contribution in [3.05, 3.63) is 54.2 Å². The van der Waals surface area contributed by atoms with Gasteiger partial charge in [0, 0.05) is 29.6 Å². The van der Waals surface area contributed by atoms with Gasteiger partial charge in [-0.05, 0) is 56.2 Å². The van der Waals surface area contributed by atoms with E-state index < -0.39 is 0 Å². The molecule has 0 radical (unpaired) electrons. The molecule has 2 atom stereocenters. The van der Waals surface area contributed by atoms with Crippen LogP contribution in [0, 0.1) is 0 Å². The maximum atomic E-state index is 4.80. The molecule has 2 unspecified atom stereocenters. The van der Waals surface area contributed by atoms with Crippen molar-refractivity contribution in [3.8, 4) is 11.3 Å². The normalized spacial score (nSPS) is 20.2. The standard InChI is InChI=1S/C21H28N4S/c1-3-22-21(25-18-10-11-19(14-18)26-2)24-15-16-7-6-8-17(13-16)20-9-4-5-12-23-20/h4-9,12-13,18-19H,3,10-11,14-15H2,1-2H3,(H2,22,24,25). The van der Waals surface area contributed by atoms with Crippen LogP contribution in [0.1, 0.15) is 31.7 Å². The van der Waals surface area contributed by atoms with E-state index in [1.807, 2.05) is 36.2 Å². The van der Waals surface area contributed by atoms with Crippen LogP contribution >= 0.6 is 11.8 Å². The summed E-state index contributed by atoms with van der Waals surface area (Å²) in [7, 11) is 0. The molecule has 0 amide bonds. The average Bonchev–Trinajstić information content (AvgIpc) is 3.15. The van der Waals surface area contributed by atoms with Gasteiger partial charge in [-0.3, -0.25) is 4.98 Å². The minimum absolute atomic E-state index is 0.533. The Balaban J connectivity index is 1.66. The lowest BCUT2D eigenvalue weighted by molar-refractivity contribution is 0.615. The van der Waals surface area contributed by atoms with Gasteiger partial charge >= 0.3 is 0 Å². The highest BCUT2D eigenvalue weighted by Gasteiger charge is 2.24. The predicted octanol–water partition coefficient (Wildman–Crippen LogP) is 4.09. The van der Waals surface area contributed by atoms with Gasteiger partial charge in [0.2, 0.25) is 0 Å². The Bertz CT molecular complexity index is 717. The highest BCUT2D eigenvalue weighted by molar-refractivity contribution is 7.99. The van der Waals surface area contributed by atoms with Crippen LogP contribution in [0.5, 0.6) is 0 Å². The summed E-state index contributed by atoms with van der Waals surface area (Å²) in [4.78, 5) is 9.24. The first-order valence-electron chi connectivity index (χ1n) is 9.36. The molecule has 0 saturated heterocycles. The predicted molar refractivity (Wildman–Crippen MR) is 113 cm³/mol. The highest BCUT2D eigenvalue weighted by Crippen LogP contribution is 2.28.